The molecule has 0 saturated heterocycles. The van der Waals surface area contributed by atoms with Gasteiger partial charge in [0, 0.05) is 39.6 Å². The average Bonchev–Trinajstić information content (AvgIpc) is 2.94. The van der Waals surface area contributed by atoms with Crippen LogP contribution >= 0.6 is 0 Å². The van der Waals surface area contributed by atoms with Gasteiger partial charge in [-0.2, -0.15) is 0 Å². The van der Waals surface area contributed by atoms with E-state index in [4.69, 9.17) is 0 Å². The highest BCUT2D eigenvalue weighted by Gasteiger charge is 2.15. The van der Waals surface area contributed by atoms with Crippen LogP contribution in [-0.2, 0) is 6.54 Å². The third kappa shape index (κ3) is 2.89. The average molecular weight is 356 g/mol. The van der Waals surface area contributed by atoms with Crippen molar-refractivity contribution in [3.63, 3.8) is 0 Å². The molecule has 0 atom stereocenters. The molecule has 0 aliphatic rings. The summed E-state index contributed by atoms with van der Waals surface area (Å²) in [5, 5.41) is 5.48. The van der Waals surface area contributed by atoms with Crippen molar-refractivity contribution in [2.75, 3.05) is 5.32 Å². The standard InChI is InChI=1S/C24H24N2O/c1-5-26-21-9-7-6-8-19(21)20-14-18(10-11-22(20)26)25-24(27)23-16(3)12-15(2)13-17(23)4/h6-14H,5H2,1-4H3,(H,25,27). The van der Waals surface area contributed by atoms with Crippen LogP contribution in [0.15, 0.2) is 54.6 Å². The summed E-state index contributed by atoms with van der Waals surface area (Å²) < 4.78 is 2.31. The maximum Gasteiger partial charge on any atom is 0.256 e. The predicted molar refractivity (Wildman–Crippen MR) is 114 cm³/mol. The summed E-state index contributed by atoms with van der Waals surface area (Å²) in [7, 11) is 0. The number of hydrogen-bond donors (Lipinski definition) is 1. The van der Waals surface area contributed by atoms with Crippen molar-refractivity contribution < 1.29 is 4.79 Å². The molecule has 0 fully saturated rings. The number of fused-ring (bicyclic) bond motifs is 3. The van der Waals surface area contributed by atoms with Crippen LogP contribution in [-0.4, -0.2) is 10.5 Å². The molecule has 0 aliphatic heterocycles. The molecular formula is C24H24N2O. The van der Waals surface area contributed by atoms with Crippen LogP contribution in [0.4, 0.5) is 5.69 Å². The van der Waals surface area contributed by atoms with Crippen molar-refractivity contribution in [2.24, 2.45) is 0 Å². The summed E-state index contributed by atoms with van der Waals surface area (Å²) in [4.78, 5) is 12.9. The second-order valence-corrected chi connectivity index (χ2v) is 7.22. The minimum atomic E-state index is -0.0522. The summed E-state index contributed by atoms with van der Waals surface area (Å²) in [5.41, 5.74) is 7.20. The van der Waals surface area contributed by atoms with Crippen molar-refractivity contribution in [3.05, 3.63) is 76.9 Å². The van der Waals surface area contributed by atoms with Gasteiger partial charge in [0.25, 0.3) is 5.91 Å². The van der Waals surface area contributed by atoms with E-state index in [1.807, 2.05) is 19.9 Å². The Labute approximate surface area is 159 Å². The molecule has 0 unspecified atom stereocenters. The second-order valence-electron chi connectivity index (χ2n) is 7.22. The van der Waals surface area contributed by atoms with Gasteiger partial charge in [0.2, 0.25) is 0 Å². The van der Waals surface area contributed by atoms with Crippen LogP contribution in [0.25, 0.3) is 21.8 Å². The Balaban J connectivity index is 1.77. The van der Waals surface area contributed by atoms with Crippen molar-refractivity contribution >= 4 is 33.4 Å². The summed E-state index contributed by atoms with van der Waals surface area (Å²) in [6, 6.07) is 18.7. The number of nitrogens with one attached hydrogen (secondary N) is 1. The number of aromatic nitrogens is 1. The van der Waals surface area contributed by atoms with Gasteiger partial charge in [-0.25, -0.2) is 0 Å². The summed E-state index contributed by atoms with van der Waals surface area (Å²) >= 11 is 0. The van der Waals surface area contributed by atoms with E-state index in [0.717, 1.165) is 28.9 Å². The number of nitrogens with zero attached hydrogens (tertiary/aromatic N) is 1. The Hall–Kier alpha value is -3.07. The van der Waals surface area contributed by atoms with Gasteiger partial charge in [-0.15, -0.1) is 0 Å². The van der Waals surface area contributed by atoms with E-state index in [2.05, 4.69) is 72.3 Å². The van der Waals surface area contributed by atoms with E-state index in [1.54, 1.807) is 0 Å². The number of amides is 1. The highest BCUT2D eigenvalue weighted by Crippen LogP contribution is 2.31. The van der Waals surface area contributed by atoms with Gasteiger partial charge in [0.1, 0.15) is 0 Å². The molecule has 4 rings (SSSR count). The smallest absolute Gasteiger partial charge is 0.256 e. The normalized spacial score (nSPS) is 11.3. The van der Waals surface area contributed by atoms with Crippen LogP contribution in [0.2, 0.25) is 0 Å². The van der Waals surface area contributed by atoms with Gasteiger partial charge in [-0.3, -0.25) is 4.79 Å². The Kier molecular flexibility index (Phi) is 4.23. The minimum Gasteiger partial charge on any atom is -0.341 e. The molecule has 0 bridgehead atoms. The zero-order valence-corrected chi connectivity index (χ0v) is 16.3. The van der Waals surface area contributed by atoms with Crippen molar-refractivity contribution in [3.8, 4) is 0 Å². The number of rotatable bonds is 3. The lowest BCUT2D eigenvalue weighted by Crippen LogP contribution is -2.15. The largest absolute Gasteiger partial charge is 0.341 e. The first-order valence-corrected chi connectivity index (χ1v) is 9.39. The van der Waals surface area contributed by atoms with Crippen LogP contribution in [0.3, 0.4) is 0 Å². The first-order chi connectivity index (χ1) is 13.0. The first-order valence-electron chi connectivity index (χ1n) is 9.39. The number of hydrogen-bond acceptors (Lipinski definition) is 1. The Bertz CT molecular complexity index is 1160. The highest BCUT2D eigenvalue weighted by molar-refractivity contribution is 6.11. The van der Waals surface area contributed by atoms with Crippen LogP contribution in [0, 0.1) is 20.8 Å². The number of benzene rings is 3. The number of aryl methyl sites for hydroxylation is 4. The van der Waals surface area contributed by atoms with E-state index < -0.39 is 0 Å². The number of carbonyl (C=O) groups excluding carboxylic acids is 1. The van der Waals surface area contributed by atoms with E-state index in [1.165, 1.54) is 27.4 Å². The molecule has 0 aliphatic carbocycles. The minimum absolute atomic E-state index is 0.0522. The van der Waals surface area contributed by atoms with Crippen LogP contribution in [0.1, 0.15) is 34.0 Å². The van der Waals surface area contributed by atoms with E-state index in [0.29, 0.717) is 0 Å². The Morgan fingerprint density at radius 2 is 1.56 bits per heavy atom. The molecule has 1 N–H and O–H groups in total. The zero-order chi connectivity index (χ0) is 19.1. The molecule has 1 aromatic heterocycles. The fourth-order valence-corrected chi connectivity index (χ4v) is 4.20. The molecule has 1 heterocycles. The van der Waals surface area contributed by atoms with E-state index in [9.17, 15) is 4.79 Å². The third-order valence-corrected chi connectivity index (χ3v) is 5.25. The molecule has 1 amide bonds. The maximum atomic E-state index is 12.9. The first kappa shape index (κ1) is 17.3. The molecule has 27 heavy (non-hydrogen) atoms. The third-order valence-electron chi connectivity index (χ3n) is 5.25. The molecule has 3 heteroatoms. The van der Waals surface area contributed by atoms with Gasteiger partial charge < -0.3 is 9.88 Å². The van der Waals surface area contributed by atoms with E-state index >= 15 is 0 Å². The van der Waals surface area contributed by atoms with E-state index in [-0.39, 0.29) is 5.91 Å². The molecule has 136 valence electrons. The maximum absolute atomic E-state index is 12.9. The highest BCUT2D eigenvalue weighted by atomic mass is 16.1. The Morgan fingerprint density at radius 3 is 2.26 bits per heavy atom. The van der Waals surface area contributed by atoms with Crippen LogP contribution < -0.4 is 5.32 Å². The van der Waals surface area contributed by atoms with Crippen LogP contribution in [0.5, 0.6) is 0 Å². The SMILES string of the molecule is CCn1c2ccccc2c2cc(NC(=O)c3c(C)cc(C)cc3C)ccc21. The van der Waals surface area contributed by atoms with Gasteiger partial charge >= 0.3 is 0 Å². The van der Waals surface area contributed by atoms with Gasteiger partial charge in [0.05, 0.1) is 0 Å². The summed E-state index contributed by atoms with van der Waals surface area (Å²) in [6.07, 6.45) is 0. The molecule has 0 spiro atoms. The van der Waals surface area contributed by atoms with Gasteiger partial charge in [-0.05, 0) is 63.1 Å². The summed E-state index contributed by atoms with van der Waals surface area (Å²) in [5.74, 6) is -0.0522. The zero-order valence-electron chi connectivity index (χ0n) is 16.3. The lowest BCUT2D eigenvalue weighted by molar-refractivity contribution is 0.102. The molecule has 0 radical (unpaired) electrons. The quantitative estimate of drug-likeness (QED) is 0.480. The van der Waals surface area contributed by atoms with Crippen molar-refractivity contribution in [2.45, 2.75) is 34.2 Å². The van der Waals surface area contributed by atoms with Crippen molar-refractivity contribution in [1.29, 1.82) is 0 Å². The number of anilines is 1. The number of para-hydroxylation sites is 1. The van der Waals surface area contributed by atoms with Gasteiger partial charge in [-0.1, -0.05) is 35.9 Å². The molecular weight excluding hydrogens is 332 g/mol. The lowest BCUT2D eigenvalue weighted by atomic mass is 9.99. The van der Waals surface area contributed by atoms with Gasteiger partial charge in [0.15, 0.2) is 0 Å². The number of carbonyl (C=O) groups is 1. The fourth-order valence-electron chi connectivity index (χ4n) is 4.20. The van der Waals surface area contributed by atoms with Crippen molar-refractivity contribution in [1.82, 2.24) is 4.57 Å². The molecule has 3 nitrogen and oxygen atoms in total. The Morgan fingerprint density at radius 1 is 0.889 bits per heavy atom. The molecule has 3 aromatic carbocycles. The predicted octanol–water partition coefficient (Wildman–Crippen LogP) is 5.99. The fraction of sp³-hybridized carbons (Fsp3) is 0.208. The molecule has 4 aromatic rings. The molecule has 0 saturated carbocycles. The summed E-state index contributed by atoms with van der Waals surface area (Å²) in [6.45, 7) is 9.11. The monoisotopic (exact) mass is 356 g/mol. The second kappa shape index (κ2) is 6.58. The topological polar surface area (TPSA) is 34.0 Å². The lowest BCUT2D eigenvalue weighted by Gasteiger charge is -2.12.